The summed E-state index contributed by atoms with van der Waals surface area (Å²) in [5, 5.41) is 0.0125. The van der Waals surface area contributed by atoms with Gasteiger partial charge in [-0.25, -0.2) is 4.79 Å². The molecule has 0 radical (unpaired) electrons. The van der Waals surface area contributed by atoms with Crippen molar-refractivity contribution in [1.82, 2.24) is 9.55 Å². The van der Waals surface area contributed by atoms with Crippen molar-refractivity contribution in [3.63, 3.8) is 0 Å². The van der Waals surface area contributed by atoms with E-state index in [2.05, 4.69) is 4.98 Å². The molecule has 2 unspecified atom stereocenters. The fraction of sp³-hybridized carbons (Fsp3) is 0.571. The van der Waals surface area contributed by atoms with Crippen LogP contribution < -0.4 is 5.69 Å². The van der Waals surface area contributed by atoms with Gasteiger partial charge in [-0.3, -0.25) is 8.78 Å². The van der Waals surface area contributed by atoms with Gasteiger partial charge in [0.2, 0.25) is 0 Å². The number of hydrogen-bond donors (Lipinski definition) is 1. The highest BCUT2D eigenvalue weighted by Crippen LogP contribution is 1.95. The molecular weight excluding hydrogens is 176 g/mol. The second-order valence-corrected chi connectivity index (χ2v) is 4.53. The minimum absolute atomic E-state index is 0.0125. The Labute approximate surface area is 73.1 Å². The number of nitrogens with zero attached hydrogens (tertiary/aromatic N) is 1. The number of hydrogen-bond acceptors (Lipinski definition) is 2. The van der Waals surface area contributed by atoms with Crippen molar-refractivity contribution in [1.29, 1.82) is 0 Å². The second-order valence-electron chi connectivity index (χ2n) is 2.73. The average Bonchev–Trinajstić information content (AvgIpc) is 2.36. The molecule has 2 atom stereocenters. The van der Waals surface area contributed by atoms with Crippen molar-refractivity contribution in [2.24, 2.45) is 0 Å². The van der Waals surface area contributed by atoms with Crippen molar-refractivity contribution < 1.29 is 4.21 Å². The quantitative estimate of drug-likeness (QED) is 0.722. The highest BCUT2D eigenvalue weighted by molar-refractivity contribution is 7.84. The van der Waals surface area contributed by atoms with Crippen molar-refractivity contribution >= 4 is 10.8 Å². The van der Waals surface area contributed by atoms with Crippen LogP contribution in [-0.4, -0.2) is 25.3 Å². The zero-order chi connectivity index (χ0) is 9.14. The van der Waals surface area contributed by atoms with E-state index in [4.69, 9.17) is 0 Å². The van der Waals surface area contributed by atoms with Gasteiger partial charge in [0.25, 0.3) is 0 Å². The summed E-state index contributed by atoms with van der Waals surface area (Å²) in [5.74, 6) is 0. The van der Waals surface area contributed by atoms with E-state index in [0.29, 0.717) is 6.54 Å². The second kappa shape index (κ2) is 3.71. The van der Waals surface area contributed by atoms with Crippen LogP contribution >= 0.6 is 0 Å². The van der Waals surface area contributed by atoms with Gasteiger partial charge in [0.05, 0.1) is 0 Å². The predicted octanol–water partition coefficient (Wildman–Crippen LogP) is -0.0566. The van der Waals surface area contributed by atoms with E-state index in [0.717, 1.165) is 0 Å². The standard InChI is InChI=1S/C7H12N2O2S/c1-6(12(2)11)5-9-4-3-8-7(9)10/h3-4,6H,5H2,1-2H3,(H,8,10). The van der Waals surface area contributed by atoms with Gasteiger partial charge in [-0.05, 0) is 6.92 Å². The Morgan fingerprint density at radius 1 is 1.75 bits per heavy atom. The predicted molar refractivity (Wildman–Crippen MR) is 48.6 cm³/mol. The van der Waals surface area contributed by atoms with Crippen LogP contribution in [0.2, 0.25) is 0 Å². The third-order valence-electron chi connectivity index (χ3n) is 1.74. The lowest BCUT2D eigenvalue weighted by atomic mass is 10.5. The molecule has 0 amide bonds. The molecule has 0 aliphatic carbocycles. The molecule has 0 aliphatic rings. The zero-order valence-corrected chi connectivity index (χ0v) is 7.93. The first kappa shape index (κ1) is 9.25. The van der Waals surface area contributed by atoms with Gasteiger partial charge in [-0.2, -0.15) is 0 Å². The first-order chi connectivity index (χ1) is 5.61. The highest BCUT2D eigenvalue weighted by Gasteiger charge is 2.07. The van der Waals surface area contributed by atoms with Crippen LogP contribution in [0.25, 0.3) is 0 Å². The van der Waals surface area contributed by atoms with Crippen LogP contribution in [0.3, 0.4) is 0 Å². The third-order valence-corrected chi connectivity index (χ3v) is 3.02. The minimum Gasteiger partial charge on any atom is -0.313 e. The van der Waals surface area contributed by atoms with Crippen molar-refractivity contribution in [3.8, 4) is 0 Å². The van der Waals surface area contributed by atoms with Crippen LogP contribution in [-0.2, 0) is 17.3 Å². The van der Waals surface area contributed by atoms with E-state index in [9.17, 15) is 9.00 Å². The molecule has 0 saturated carbocycles. The number of aromatic amines is 1. The molecule has 1 aromatic rings. The lowest BCUT2D eigenvalue weighted by molar-refractivity contribution is 0.632. The van der Waals surface area contributed by atoms with E-state index in [-0.39, 0.29) is 10.9 Å². The first-order valence-corrected chi connectivity index (χ1v) is 5.29. The minimum atomic E-state index is -0.877. The SMILES string of the molecule is CC(Cn1cc[nH]c1=O)S(C)=O. The van der Waals surface area contributed by atoms with Crippen molar-refractivity contribution in [2.75, 3.05) is 6.26 Å². The van der Waals surface area contributed by atoms with Crippen molar-refractivity contribution in [2.45, 2.75) is 18.7 Å². The maximum Gasteiger partial charge on any atom is 0.325 e. The van der Waals surface area contributed by atoms with Crippen LogP contribution in [0.4, 0.5) is 0 Å². The maximum absolute atomic E-state index is 11.0. The van der Waals surface area contributed by atoms with Gasteiger partial charge in [0.1, 0.15) is 0 Å². The molecule has 0 aromatic carbocycles. The maximum atomic E-state index is 11.0. The van der Waals surface area contributed by atoms with Crippen molar-refractivity contribution in [3.05, 3.63) is 22.9 Å². The van der Waals surface area contributed by atoms with E-state index in [1.807, 2.05) is 6.92 Å². The normalized spacial score (nSPS) is 15.8. The Morgan fingerprint density at radius 2 is 2.42 bits per heavy atom. The van der Waals surface area contributed by atoms with Gasteiger partial charge < -0.3 is 4.98 Å². The molecule has 4 nitrogen and oxygen atoms in total. The largest absolute Gasteiger partial charge is 0.325 e. The molecule has 1 N–H and O–H groups in total. The van der Waals surface area contributed by atoms with Crippen LogP contribution in [0, 0.1) is 0 Å². The third kappa shape index (κ3) is 2.07. The molecule has 68 valence electrons. The summed E-state index contributed by atoms with van der Waals surface area (Å²) in [6, 6.07) is 0. The number of nitrogens with one attached hydrogen (secondary N) is 1. The van der Waals surface area contributed by atoms with Gasteiger partial charge in [-0.15, -0.1) is 0 Å². The molecule has 5 heteroatoms. The molecule has 0 spiro atoms. The molecule has 1 aromatic heterocycles. The molecule has 12 heavy (non-hydrogen) atoms. The molecule has 1 rings (SSSR count). The van der Waals surface area contributed by atoms with E-state index >= 15 is 0 Å². The summed E-state index contributed by atoms with van der Waals surface area (Å²) >= 11 is 0. The van der Waals surface area contributed by atoms with Gasteiger partial charge >= 0.3 is 5.69 Å². The molecule has 0 fully saturated rings. The Morgan fingerprint density at radius 3 is 2.83 bits per heavy atom. The fourth-order valence-electron chi connectivity index (χ4n) is 0.875. The molecule has 0 aliphatic heterocycles. The highest BCUT2D eigenvalue weighted by atomic mass is 32.2. The lowest BCUT2D eigenvalue weighted by Gasteiger charge is -2.06. The summed E-state index contributed by atoms with van der Waals surface area (Å²) in [7, 11) is -0.877. The van der Waals surface area contributed by atoms with E-state index in [1.54, 1.807) is 18.6 Å². The first-order valence-electron chi connectivity index (χ1n) is 3.67. The average molecular weight is 188 g/mol. The topological polar surface area (TPSA) is 54.9 Å². The van der Waals surface area contributed by atoms with E-state index in [1.165, 1.54) is 4.57 Å². The van der Waals surface area contributed by atoms with Gasteiger partial charge in [0, 0.05) is 41.2 Å². The Balaban J connectivity index is 2.70. The summed E-state index contributed by atoms with van der Waals surface area (Å²) in [6.07, 6.45) is 4.88. The Kier molecular flexibility index (Phi) is 2.86. The lowest BCUT2D eigenvalue weighted by Crippen LogP contribution is -2.24. The van der Waals surface area contributed by atoms with Gasteiger partial charge in [-0.1, -0.05) is 0 Å². The summed E-state index contributed by atoms with van der Waals surface area (Å²) in [6.45, 7) is 2.36. The van der Waals surface area contributed by atoms with Gasteiger partial charge in [0.15, 0.2) is 0 Å². The van der Waals surface area contributed by atoms with E-state index < -0.39 is 10.8 Å². The summed E-state index contributed by atoms with van der Waals surface area (Å²) < 4.78 is 12.5. The van der Waals surface area contributed by atoms with Crippen LogP contribution in [0.1, 0.15) is 6.92 Å². The zero-order valence-electron chi connectivity index (χ0n) is 7.11. The summed E-state index contributed by atoms with van der Waals surface area (Å²) in [4.78, 5) is 13.5. The fourth-order valence-corrected chi connectivity index (χ4v) is 1.25. The van der Waals surface area contributed by atoms with Crippen LogP contribution in [0.5, 0.6) is 0 Å². The number of aromatic nitrogens is 2. The monoisotopic (exact) mass is 188 g/mol. The molecule has 0 saturated heterocycles. The summed E-state index contributed by atoms with van der Waals surface area (Å²) in [5.41, 5.74) is -0.146. The number of H-pyrrole nitrogens is 1. The van der Waals surface area contributed by atoms with Crippen LogP contribution in [0.15, 0.2) is 17.2 Å². The number of rotatable bonds is 3. The number of imidazole rings is 1. The molecular formula is C7H12N2O2S. The Bertz CT molecular complexity index is 328. The smallest absolute Gasteiger partial charge is 0.313 e. The molecule has 1 heterocycles. The Hall–Kier alpha value is -0.840. The molecule has 0 bridgehead atoms.